The minimum absolute atomic E-state index is 0.0696. The molecule has 2 rings (SSSR count). The number of carbonyl (C=O) groups excluding carboxylic acids is 1. The summed E-state index contributed by atoms with van der Waals surface area (Å²) in [7, 11) is 1.84. The minimum Gasteiger partial charge on any atom is -0.340 e. The molecule has 1 aliphatic rings. The summed E-state index contributed by atoms with van der Waals surface area (Å²) < 4.78 is 0. The van der Waals surface area contributed by atoms with Gasteiger partial charge >= 0.3 is 0 Å². The number of hydrogen-bond donors (Lipinski definition) is 1. The molecule has 0 saturated heterocycles. The number of rotatable bonds is 3. The lowest BCUT2D eigenvalue weighted by atomic mass is 9.98. The van der Waals surface area contributed by atoms with Crippen LogP contribution in [-0.2, 0) is 11.3 Å². The molecule has 1 aromatic rings. The molecule has 0 unspecified atom stereocenters. The van der Waals surface area contributed by atoms with Crippen molar-refractivity contribution in [2.75, 3.05) is 7.05 Å². The first-order chi connectivity index (χ1) is 8.35. The van der Waals surface area contributed by atoms with E-state index in [2.05, 4.69) is 32.9 Å². The Kier molecular flexibility index (Phi) is 3.20. The lowest BCUT2D eigenvalue weighted by molar-refractivity contribution is -0.132. The number of likely N-dealkylation sites (N-methyl/N-ethyl adjacent to an activating group) is 1. The van der Waals surface area contributed by atoms with Crippen LogP contribution < -0.4 is 5.73 Å². The van der Waals surface area contributed by atoms with Crippen LogP contribution in [0.1, 0.15) is 35.1 Å². The maximum absolute atomic E-state index is 12.1. The summed E-state index contributed by atoms with van der Waals surface area (Å²) in [6.07, 6.45) is 1.64. The van der Waals surface area contributed by atoms with Gasteiger partial charge in [0, 0.05) is 13.6 Å². The van der Waals surface area contributed by atoms with Crippen molar-refractivity contribution >= 4 is 5.91 Å². The molecule has 1 saturated carbocycles. The molecule has 0 spiro atoms. The highest BCUT2D eigenvalue weighted by molar-refractivity contribution is 5.88. The van der Waals surface area contributed by atoms with Crippen LogP contribution in [0, 0.1) is 20.8 Å². The third-order valence-electron chi connectivity index (χ3n) is 4.14. The maximum Gasteiger partial charge on any atom is 0.242 e. The Bertz CT molecular complexity index is 490. The van der Waals surface area contributed by atoms with Crippen LogP contribution in [0.3, 0.4) is 0 Å². The molecular weight excluding hydrogens is 224 g/mol. The van der Waals surface area contributed by atoms with Crippen molar-refractivity contribution < 1.29 is 4.79 Å². The van der Waals surface area contributed by atoms with Gasteiger partial charge in [0.25, 0.3) is 0 Å². The van der Waals surface area contributed by atoms with E-state index in [9.17, 15) is 4.79 Å². The molecule has 0 aliphatic heterocycles. The Hall–Kier alpha value is -1.35. The number of carbonyl (C=O) groups is 1. The summed E-state index contributed by atoms with van der Waals surface area (Å²) in [4.78, 5) is 13.8. The molecule has 3 nitrogen and oxygen atoms in total. The van der Waals surface area contributed by atoms with E-state index in [1.54, 1.807) is 4.90 Å². The first-order valence-corrected chi connectivity index (χ1v) is 6.45. The second-order valence-electron chi connectivity index (χ2n) is 5.61. The van der Waals surface area contributed by atoms with Gasteiger partial charge in [-0.3, -0.25) is 4.79 Å². The number of amides is 1. The van der Waals surface area contributed by atoms with Crippen LogP contribution in [0.2, 0.25) is 0 Å². The fraction of sp³-hybridized carbons (Fsp3) is 0.533. The number of nitrogens with zero attached hydrogens (tertiary/aromatic N) is 1. The molecule has 1 fully saturated rings. The normalized spacial score (nSPS) is 16.5. The number of benzene rings is 1. The van der Waals surface area contributed by atoms with E-state index in [1.165, 1.54) is 22.3 Å². The van der Waals surface area contributed by atoms with E-state index < -0.39 is 5.54 Å². The Balaban J connectivity index is 2.14. The standard InChI is InChI=1S/C15H22N2O/c1-10-5-6-13(12(3)11(10)2)9-17(4)14(18)15(16)7-8-15/h5-6H,7-9,16H2,1-4H3. The van der Waals surface area contributed by atoms with Gasteiger partial charge in [0.05, 0.1) is 5.54 Å². The summed E-state index contributed by atoms with van der Waals surface area (Å²) in [6.45, 7) is 7.00. The largest absolute Gasteiger partial charge is 0.340 e. The summed E-state index contributed by atoms with van der Waals surface area (Å²) in [5.41, 5.74) is 10.5. The molecule has 1 aromatic carbocycles. The topological polar surface area (TPSA) is 46.3 Å². The number of aryl methyl sites for hydroxylation is 1. The predicted octanol–water partition coefficient (Wildman–Crippen LogP) is 2.06. The highest BCUT2D eigenvalue weighted by Crippen LogP contribution is 2.34. The SMILES string of the molecule is Cc1ccc(CN(C)C(=O)C2(N)CC2)c(C)c1C. The summed E-state index contributed by atoms with van der Waals surface area (Å²) >= 11 is 0. The Labute approximate surface area is 109 Å². The van der Waals surface area contributed by atoms with Crippen LogP contribution in [0.25, 0.3) is 0 Å². The number of hydrogen-bond acceptors (Lipinski definition) is 2. The quantitative estimate of drug-likeness (QED) is 0.887. The van der Waals surface area contributed by atoms with E-state index >= 15 is 0 Å². The molecule has 98 valence electrons. The van der Waals surface area contributed by atoms with Crippen LogP contribution in [0.5, 0.6) is 0 Å². The lowest BCUT2D eigenvalue weighted by Crippen LogP contribution is -2.43. The minimum atomic E-state index is -0.567. The van der Waals surface area contributed by atoms with Crippen LogP contribution >= 0.6 is 0 Å². The lowest BCUT2D eigenvalue weighted by Gasteiger charge is -2.22. The maximum atomic E-state index is 12.1. The molecular formula is C15H22N2O. The Morgan fingerprint density at radius 3 is 2.44 bits per heavy atom. The molecule has 18 heavy (non-hydrogen) atoms. The van der Waals surface area contributed by atoms with Gasteiger partial charge in [-0.1, -0.05) is 12.1 Å². The molecule has 3 heteroatoms. The zero-order valence-electron chi connectivity index (χ0n) is 11.7. The van der Waals surface area contributed by atoms with Gasteiger partial charge in [-0.2, -0.15) is 0 Å². The molecule has 1 aliphatic carbocycles. The average molecular weight is 246 g/mol. The monoisotopic (exact) mass is 246 g/mol. The van der Waals surface area contributed by atoms with Gasteiger partial charge < -0.3 is 10.6 Å². The predicted molar refractivity (Wildman–Crippen MR) is 73.3 cm³/mol. The van der Waals surface area contributed by atoms with E-state index in [4.69, 9.17) is 5.73 Å². The van der Waals surface area contributed by atoms with E-state index in [1.807, 2.05) is 7.05 Å². The molecule has 0 radical (unpaired) electrons. The zero-order valence-corrected chi connectivity index (χ0v) is 11.7. The first kappa shape index (κ1) is 13.1. The molecule has 0 heterocycles. The third-order valence-corrected chi connectivity index (χ3v) is 4.14. The van der Waals surface area contributed by atoms with E-state index in [-0.39, 0.29) is 5.91 Å². The summed E-state index contributed by atoms with van der Waals surface area (Å²) in [5.74, 6) is 0.0696. The molecule has 0 bridgehead atoms. The fourth-order valence-electron chi connectivity index (χ4n) is 2.24. The number of nitrogens with two attached hydrogens (primary N) is 1. The second kappa shape index (κ2) is 4.39. The Morgan fingerprint density at radius 2 is 1.89 bits per heavy atom. The van der Waals surface area contributed by atoms with Crippen LogP contribution in [0.15, 0.2) is 12.1 Å². The van der Waals surface area contributed by atoms with Crippen molar-refractivity contribution in [1.29, 1.82) is 0 Å². The van der Waals surface area contributed by atoms with Gasteiger partial charge in [0.1, 0.15) is 0 Å². The second-order valence-corrected chi connectivity index (χ2v) is 5.61. The van der Waals surface area contributed by atoms with E-state index in [0.29, 0.717) is 6.54 Å². The molecule has 1 amide bonds. The van der Waals surface area contributed by atoms with Crippen molar-refractivity contribution in [1.82, 2.24) is 4.90 Å². The van der Waals surface area contributed by atoms with Crippen molar-refractivity contribution in [3.05, 3.63) is 34.4 Å². The first-order valence-electron chi connectivity index (χ1n) is 6.45. The smallest absolute Gasteiger partial charge is 0.242 e. The highest BCUT2D eigenvalue weighted by Gasteiger charge is 2.47. The highest BCUT2D eigenvalue weighted by atomic mass is 16.2. The third kappa shape index (κ3) is 2.27. The van der Waals surface area contributed by atoms with Crippen molar-refractivity contribution in [2.24, 2.45) is 5.73 Å². The van der Waals surface area contributed by atoms with Gasteiger partial charge in [-0.05, 0) is 55.9 Å². The van der Waals surface area contributed by atoms with Crippen LogP contribution in [-0.4, -0.2) is 23.4 Å². The van der Waals surface area contributed by atoms with Crippen molar-refractivity contribution in [3.63, 3.8) is 0 Å². The molecule has 0 aromatic heterocycles. The molecule has 2 N–H and O–H groups in total. The van der Waals surface area contributed by atoms with Gasteiger partial charge in [0.2, 0.25) is 5.91 Å². The van der Waals surface area contributed by atoms with Gasteiger partial charge in [0.15, 0.2) is 0 Å². The average Bonchev–Trinajstić information content (AvgIpc) is 3.08. The van der Waals surface area contributed by atoms with Gasteiger partial charge in [-0.25, -0.2) is 0 Å². The Morgan fingerprint density at radius 1 is 1.28 bits per heavy atom. The van der Waals surface area contributed by atoms with Crippen molar-refractivity contribution in [2.45, 2.75) is 45.7 Å². The van der Waals surface area contributed by atoms with E-state index in [0.717, 1.165) is 12.8 Å². The zero-order chi connectivity index (χ0) is 13.5. The fourth-order valence-corrected chi connectivity index (χ4v) is 2.24. The molecule has 0 atom stereocenters. The summed E-state index contributed by atoms with van der Waals surface area (Å²) in [5, 5.41) is 0. The summed E-state index contributed by atoms with van der Waals surface area (Å²) in [6, 6.07) is 4.23. The van der Waals surface area contributed by atoms with Crippen LogP contribution in [0.4, 0.5) is 0 Å². The van der Waals surface area contributed by atoms with Gasteiger partial charge in [-0.15, -0.1) is 0 Å². The van der Waals surface area contributed by atoms with Crippen molar-refractivity contribution in [3.8, 4) is 0 Å².